The second-order valence-corrected chi connectivity index (χ2v) is 6.74. The fourth-order valence-electron chi connectivity index (χ4n) is 2.90. The third-order valence-electron chi connectivity index (χ3n) is 4.23. The zero-order valence-corrected chi connectivity index (χ0v) is 13.8. The maximum atomic E-state index is 12.5. The van der Waals surface area contributed by atoms with Gasteiger partial charge in [0, 0.05) is 18.2 Å². The lowest BCUT2D eigenvalue weighted by molar-refractivity contribution is 0.0853. The number of rotatable bonds is 4. The van der Waals surface area contributed by atoms with Crippen molar-refractivity contribution in [2.24, 2.45) is 5.41 Å². The molecule has 1 aromatic heterocycles. The Morgan fingerprint density at radius 3 is 2.86 bits per heavy atom. The highest BCUT2D eigenvalue weighted by atomic mass is 35.5. The number of halogens is 1. The van der Waals surface area contributed by atoms with Crippen molar-refractivity contribution in [3.63, 3.8) is 0 Å². The van der Waals surface area contributed by atoms with Crippen molar-refractivity contribution in [1.82, 2.24) is 10.3 Å². The van der Waals surface area contributed by atoms with Crippen LogP contribution in [-0.4, -0.2) is 23.5 Å². The van der Waals surface area contributed by atoms with Crippen LogP contribution < -0.4 is 10.6 Å². The summed E-state index contributed by atoms with van der Waals surface area (Å²) < 4.78 is 0. The largest absolute Gasteiger partial charge is 0.370 e. The molecule has 0 spiro atoms. The lowest BCUT2D eigenvalue weighted by atomic mass is 9.73. The standard InChI is InChI=1S/C16H24ClN3O/c1-4-18-14-10-11(9-13(17)20-14)15(21)19-12-7-5-6-8-16(12,2)3/h9-10,12H,4-8H2,1-3H3,(H,18,20)(H,19,21). The van der Waals surface area contributed by atoms with Crippen LogP contribution in [0.5, 0.6) is 0 Å². The second-order valence-electron chi connectivity index (χ2n) is 6.35. The summed E-state index contributed by atoms with van der Waals surface area (Å²) in [5.74, 6) is 0.566. The van der Waals surface area contributed by atoms with E-state index in [9.17, 15) is 4.79 Å². The second kappa shape index (κ2) is 6.65. The molecule has 1 aliphatic rings. The molecule has 21 heavy (non-hydrogen) atoms. The number of aromatic nitrogens is 1. The summed E-state index contributed by atoms with van der Waals surface area (Å²) in [5.41, 5.74) is 0.710. The molecule has 1 heterocycles. The monoisotopic (exact) mass is 309 g/mol. The number of hydrogen-bond acceptors (Lipinski definition) is 3. The topological polar surface area (TPSA) is 54.0 Å². The maximum absolute atomic E-state index is 12.5. The average molecular weight is 310 g/mol. The van der Waals surface area contributed by atoms with Gasteiger partial charge in [-0.05, 0) is 37.3 Å². The van der Waals surface area contributed by atoms with E-state index in [4.69, 9.17) is 11.6 Å². The highest BCUT2D eigenvalue weighted by Crippen LogP contribution is 2.35. The smallest absolute Gasteiger partial charge is 0.251 e. The molecule has 2 rings (SSSR count). The van der Waals surface area contributed by atoms with Crippen LogP contribution in [0.2, 0.25) is 5.15 Å². The minimum absolute atomic E-state index is 0.0709. The molecule has 0 radical (unpaired) electrons. The van der Waals surface area contributed by atoms with Crippen molar-refractivity contribution < 1.29 is 4.79 Å². The van der Waals surface area contributed by atoms with Crippen LogP contribution in [0.25, 0.3) is 0 Å². The molecule has 5 heteroatoms. The summed E-state index contributed by atoms with van der Waals surface area (Å²) in [6.07, 6.45) is 4.61. The Kier molecular flexibility index (Phi) is 5.09. The number of amides is 1. The van der Waals surface area contributed by atoms with Crippen LogP contribution >= 0.6 is 11.6 Å². The SMILES string of the molecule is CCNc1cc(C(=O)NC2CCCCC2(C)C)cc(Cl)n1. The summed E-state index contributed by atoms with van der Waals surface area (Å²) in [7, 11) is 0. The molecule has 0 saturated heterocycles. The quantitative estimate of drug-likeness (QED) is 0.830. The van der Waals surface area contributed by atoms with Crippen LogP contribution in [0.4, 0.5) is 5.82 Å². The van der Waals surface area contributed by atoms with Crippen LogP contribution in [0.1, 0.15) is 56.8 Å². The van der Waals surface area contributed by atoms with Gasteiger partial charge in [0.15, 0.2) is 0 Å². The Morgan fingerprint density at radius 1 is 1.43 bits per heavy atom. The molecular weight excluding hydrogens is 286 g/mol. The van der Waals surface area contributed by atoms with Gasteiger partial charge in [0.1, 0.15) is 11.0 Å². The molecule has 0 aliphatic heterocycles. The van der Waals surface area contributed by atoms with E-state index in [1.54, 1.807) is 12.1 Å². The minimum atomic E-state index is -0.0709. The zero-order valence-electron chi connectivity index (χ0n) is 13.0. The van der Waals surface area contributed by atoms with Crippen molar-refractivity contribution in [2.45, 2.75) is 52.5 Å². The molecule has 116 valence electrons. The fraction of sp³-hybridized carbons (Fsp3) is 0.625. The molecule has 1 unspecified atom stereocenters. The Balaban J connectivity index is 2.12. The normalized spacial score (nSPS) is 20.9. The lowest BCUT2D eigenvalue weighted by Gasteiger charge is -2.39. The molecular formula is C16H24ClN3O. The summed E-state index contributed by atoms with van der Waals surface area (Å²) >= 11 is 6.00. The van der Waals surface area contributed by atoms with Crippen LogP contribution in [0.15, 0.2) is 12.1 Å². The van der Waals surface area contributed by atoms with E-state index < -0.39 is 0 Å². The van der Waals surface area contributed by atoms with Gasteiger partial charge in [0.2, 0.25) is 0 Å². The summed E-state index contributed by atoms with van der Waals surface area (Å²) in [6, 6.07) is 3.59. The van der Waals surface area contributed by atoms with Gasteiger partial charge < -0.3 is 10.6 Å². The first-order valence-electron chi connectivity index (χ1n) is 7.64. The molecule has 0 aromatic carbocycles. The molecule has 4 nitrogen and oxygen atoms in total. The van der Waals surface area contributed by atoms with Crippen molar-refractivity contribution in [3.05, 3.63) is 22.8 Å². The van der Waals surface area contributed by atoms with Crippen molar-refractivity contribution in [1.29, 1.82) is 0 Å². The zero-order chi connectivity index (χ0) is 15.5. The van der Waals surface area contributed by atoms with Gasteiger partial charge in [0.25, 0.3) is 5.91 Å². The summed E-state index contributed by atoms with van der Waals surface area (Å²) in [6.45, 7) is 7.17. The Labute approximate surface area is 131 Å². The van der Waals surface area contributed by atoms with Gasteiger partial charge in [-0.1, -0.05) is 38.3 Å². The van der Waals surface area contributed by atoms with Crippen molar-refractivity contribution >= 4 is 23.3 Å². The number of pyridine rings is 1. The Hall–Kier alpha value is -1.29. The predicted molar refractivity (Wildman–Crippen MR) is 86.9 cm³/mol. The van der Waals surface area contributed by atoms with Gasteiger partial charge in [0.05, 0.1) is 0 Å². The third-order valence-corrected chi connectivity index (χ3v) is 4.42. The van der Waals surface area contributed by atoms with E-state index in [0.29, 0.717) is 16.5 Å². The van der Waals surface area contributed by atoms with Gasteiger partial charge in [-0.15, -0.1) is 0 Å². The van der Waals surface area contributed by atoms with Gasteiger partial charge in [-0.3, -0.25) is 4.79 Å². The fourth-order valence-corrected chi connectivity index (χ4v) is 3.11. The molecule has 1 atom stereocenters. The maximum Gasteiger partial charge on any atom is 0.251 e. The highest BCUT2D eigenvalue weighted by Gasteiger charge is 2.33. The van der Waals surface area contributed by atoms with E-state index in [-0.39, 0.29) is 17.4 Å². The van der Waals surface area contributed by atoms with Crippen LogP contribution in [-0.2, 0) is 0 Å². The van der Waals surface area contributed by atoms with Gasteiger partial charge in [-0.25, -0.2) is 4.98 Å². The van der Waals surface area contributed by atoms with E-state index in [1.165, 1.54) is 12.8 Å². The lowest BCUT2D eigenvalue weighted by Crippen LogP contribution is -2.46. The molecule has 1 amide bonds. The van der Waals surface area contributed by atoms with E-state index in [0.717, 1.165) is 19.4 Å². The predicted octanol–water partition coefficient (Wildman–Crippen LogP) is 3.87. The van der Waals surface area contributed by atoms with Crippen molar-refractivity contribution in [3.8, 4) is 0 Å². The number of anilines is 1. The number of carbonyl (C=O) groups excluding carboxylic acids is 1. The van der Waals surface area contributed by atoms with E-state index in [2.05, 4.69) is 29.5 Å². The molecule has 1 aromatic rings. The third kappa shape index (κ3) is 4.10. The Morgan fingerprint density at radius 2 is 2.19 bits per heavy atom. The number of hydrogen-bond donors (Lipinski definition) is 2. The average Bonchev–Trinajstić information content (AvgIpc) is 2.40. The molecule has 0 bridgehead atoms. The molecule has 1 aliphatic carbocycles. The first-order valence-corrected chi connectivity index (χ1v) is 8.02. The van der Waals surface area contributed by atoms with Gasteiger partial charge >= 0.3 is 0 Å². The van der Waals surface area contributed by atoms with Crippen LogP contribution in [0, 0.1) is 5.41 Å². The number of carbonyl (C=O) groups is 1. The molecule has 1 fully saturated rings. The van der Waals surface area contributed by atoms with Gasteiger partial charge in [-0.2, -0.15) is 0 Å². The first-order chi connectivity index (χ1) is 9.92. The summed E-state index contributed by atoms with van der Waals surface area (Å²) in [5, 5.41) is 6.59. The number of nitrogens with one attached hydrogen (secondary N) is 2. The Bertz CT molecular complexity index is 516. The molecule has 1 saturated carbocycles. The van der Waals surface area contributed by atoms with Crippen LogP contribution in [0.3, 0.4) is 0 Å². The van der Waals surface area contributed by atoms with E-state index >= 15 is 0 Å². The number of nitrogens with zero attached hydrogens (tertiary/aromatic N) is 1. The highest BCUT2D eigenvalue weighted by molar-refractivity contribution is 6.29. The van der Waals surface area contributed by atoms with E-state index in [1.807, 2.05) is 6.92 Å². The minimum Gasteiger partial charge on any atom is -0.370 e. The summed E-state index contributed by atoms with van der Waals surface area (Å²) in [4.78, 5) is 16.6. The molecule has 2 N–H and O–H groups in total. The first kappa shape index (κ1) is 16.1. The van der Waals surface area contributed by atoms with Crippen molar-refractivity contribution in [2.75, 3.05) is 11.9 Å².